The predicted octanol–water partition coefficient (Wildman–Crippen LogP) is 6.34. The van der Waals surface area contributed by atoms with E-state index < -0.39 is 0 Å². The van der Waals surface area contributed by atoms with Crippen molar-refractivity contribution in [3.63, 3.8) is 0 Å². The molecule has 0 spiro atoms. The predicted molar refractivity (Wildman–Crippen MR) is 151 cm³/mol. The minimum atomic E-state index is -0.373. The quantitative estimate of drug-likeness (QED) is 0.378. The lowest BCUT2D eigenvalue weighted by molar-refractivity contribution is -0.117. The third-order valence-electron chi connectivity index (χ3n) is 8.17. The van der Waals surface area contributed by atoms with Crippen molar-refractivity contribution in [1.29, 1.82) is 0 Å². The van der Waals surface area contributed by atoms with Crippen molar-refractivity contribution in [3.8, 4) is 11.5 Å². The molecule has 0 amide bonds. The summed E-state index contributed by atoms with van der Waals surface area (Å²) in [4.78, 5) is 29.2. The molecule has 1 heterocycles. The van der Waals surface area contributed by atoms with Gasteiger partial charge in [0.2, 0.25) is 0 Å². The first kappa shape index (κ1) is 27.2. The molecule has 0 N–H and O–H groups in total. The molecule has 2 aliphatic carbocycles. The summed E-state index contributed by atoms with van der Waals surface area (Å²) in [6.07, 6.45) is 4.36. The van der Waals surface area contributed by atoms with E-state index in [1.165, 1.54) is 11.1 Å². The van der Waals surface area contributed by atoms with Crippen LogP contribution < -0.4 is 9.47 Å². The van der Waals surface area contributed by atoms with Crippen molar-refractivity contribution in [2.75, 3.05) is 26.9 Å². The number of nitrogens with zero attached hydrogens (tertiary/aromatic N) is 1. The van der Waals surface area contributed by atoms with Gasteiger partial charge in [-0.3, -0.25) is 9.59 Å². The number of carbonyl (C=O) groups is 2. The van der Waals surface area contributed by atoms with Gasteiger partial charge in [-0.25, -0.2) is 0 Å². The van der Waals surface area contributed by atoms with Crippen molar-refractivity contribution in [2.45, 2.75) is 71.8 Å². The molecule has 0 saturated heterocycles. The maximum atomic E-state index is 13.5. The van der Waals surface area contributed by atoms with Gasteiger partial charge in [-0.1, -0.05) is 24.3 Å². The highest BCUT2D eigenvalue weighted by molar-refractivity contribution is 6.06. The number of methoxy groups -OCH3 is 1. The van der Waals surface area contributed by atoms with Gasteiger partial charge in [-0.2, -0.15) is 0 Å². The zero-order valence-corrected chi connectivity index (χ0v) is 23.6. The number of Topliss-reactive ketones (excluding diaryl/α,β-unsaturated/α-hetero) is 2. The molecule has 2 aromatic carbocycles. The second kappa shape index (κ2) is 11.8. The number of rotatable bonds is 9. The van der Waals surface area contributed by atoms with Crippen LogP contribution >= 0.6 is 0 Å². The minimum Gasteiger partial charge on any atom is -0.490 e. The first-order valence-corrected chi connectivity index (χ1v) is 14.2. The molecular formula is C33H39NO5. The molecule has 0 saturated carbocycles. The molecule has 39 heavy (non-hydrogen) atoms. The van der Waals surface area contributed by atoms with Gasteiger partial charge in [0.25, 0.3) is 0 Å². The summed E-state index contributed by atoms with van der Waals surface area (Å²) in [5.74, 6) is 1.20. The summed E-state index contributed by atoms with van der Waals surface area (Å²) in [5, 5.41) is 0. The Bertz CT molecular complexity index is 1290. The molecule has 0 fully saturated rings. The zero-order chi connectivity index (χ0) is 27.5. The second-order valence-electron chi connectivity index (χ2n) is 10.7. The van der Waals surface area contributed by atoms with Crippen molar-refractivity contribution in [2.24, 2.45) is 0 Å². The van der Waals surface area contributed by atoms with E-state index in [-0.39, 0.29) is 17.5 Å². The van der Waals surface area contributed by atoms with Gasteiger partial charge in [0.1, 0.15) is 6.61 Å². The number of ketones is 2. The van der Waals surface area contributed by atoms with Crippen LogP contribution in [0.3, 0.4) is 0 Å². The highest BCUT2D eigenvalue weighted by Gasteiger charge is 2.43. The number of carbonyl (C=O) groups excluding carboxylic acids is 2. The summed E-state index contributed by atoms with van der Waals surface area (Å²) < 4.78 is 17.7. The van der Waals surface area contributed by atoms with Gasteiger partial charge in [0, 0.05) is 55.0 Å². The lowest BCUT2D eigenvalue weighted by Crippen LogP contribution is -2.40. The fourth-order valence-electron chi connectivity index (χ4n) is 6.15. The van der Waals surface area contributed by atoms with E-state index >= 15 is 0 Å². The average molecular weight is 530 g/mol. The average Bonchev–Trinajstić information content (AvgIpc) is 2.93. The standard InChI is InChI=1S/C33H39NO5/c1-5-38-30-19-24(14-15-29(30)39-20-23-13-12-21(2)22(3)18-23)31-32-25(8-6-10-27(32)35)34(16-17-37-4)26-9-7-11-28(36)33(26)31/h12-15,18-19,31H,5-11,16-17,20H2,1-4H3. The van der Waals surface area contributed by atoms with Crippen LogP contribution in [0.4, 0.5) is 0 Å². The summed E-state index contributed by atoms with van der Waals surface area (Å²) in [5.41, 5.74) is 8.17. The lowest BCUT2D eigenvalue weighted by Gasteiger charge is -2.44. The number of allylic oxidation sites excluding steroid dienone is 4. The normalized spacial score (nSPS) is 17.9. The van der Waals surface area contributed by atoms with Crippen LogP contribution in [0.15, 0.2) is 58.9 Å². The van der Waals surface area contributed by atoms with E-state index in [1.807, 2.05) is 25.1 Å². The van der Waals surface area contributed by atoms with Gasteiger partial charge >= 0.3 is 0 Å². The van der Waals surface area contributed by atoms with E-state index in [1.54, 1.807) is 7.11 Å². The highest BCUT2D eigenvalue weighted by atomic mass is 16.5. The number of hydrogen-bond donors (Lipinski definition) is 0. The summed E-state index contributed by atoms with van der Waals surface area (Å²) >= 11 is 0. The van der Waals surface area contributed by atoms with E-state index in [2.05, 4.69) is 36.9 Å². The van der Waals surface area contributed by atoms with Crippen molar-refractivity contribution < 1.29 is 23.8 Å². The van der Waals surface area contributed by atoms with Crippen LogP contribution in [-0.2, 0) is 20.9 Å². The molecule has 2 aromatic rings. The van der Waals surface area contributed by atoms with E-state index in [0.29, 0.717) is 50.7 Å². The minimum absolute atomic E-state index is 0.140. The Kier molecular flexibility index (Phi) is 8.22. The molecule has 0 bridgehead atoms. The third-order valence-corrected chi connectivity index (χ3v) is 8.17. The summed E-state index contributed by atoms with van der Waals surface area (Å²) in [7, 11) is 1.69. The molecule has 6 nitrogen and oxygen atoms in total. The Morgan fingerprint density at radius 3 is 2.13 bits per heavy atom. The molecule has 5 rings (SSSR count). The number of hydrogen-bond acceptors (Lipinski definition) is 6. The van der Waals surface area contributed by atoms with Gasteiger partial charge in [0.05, 0.1) is 13.2 Å². The summed E-state index contributed by atoms with van der Waals surface area (Å²) in [6, 6.07) is 12.3. The first-order chi connectivity index (χ1) is 18.9. The van der Waals surface area contributed by atoms with Gasteiger partial charge in [-0.15, -0.1) is 0 Å². The third kappa shape index (κ3) is 5.40. The fraction of sp³-hybridized carbons (Fsp3) is 0.455. The van der Waals surface area contributed by atoms with Crippen molar-refractivity contribution in [1.82, 2.24) is 4.90 Å². The Morgan fingerprint density at radius 1 is 0.821 bits per heavy atom. The van der Waals surface area contributed by atoms with Crippen LogP contribution in [0.25, 0.3) is 0 Å². The van der Waals surface area contributed by atoms with Crippen molar-refractivity contribution in [3.05, 3.63) is 81.2 Å². The van der Waals surface area contributed by atoms with Gasteiger partial charge in [0.15, 0.2) is 23.1 Å². The molecule has 0 aromatic heterocycles. The number of ether oxygens (including phenoxy) is 3. The Labute approximate surface area is 231 Å². The van der Waals surface area contributed by atoms with Gasteiger partial charge < -0.3 is 19.1 Å². The van der Waals surface area contributed by atoms with Crippen LogP contribution in [-0.4, -0.2) is 43.3 Å². The highest BCUT2D eigenvalue weighted by Crippen LogP contribution is 2.50. The van der Waals surface area contributed by atoms with E-state index in [0.717, 1.165) is 59.4 Å². The monoisotopic (exact) mass is 529 g/mol. The molecule has 3 aliphatic rings. The van der Waals surface area contributed by atoms with E-state index in [9.17, 15) is 9.59 Å². The zero-order valence-electron chi connectivity index (χ0n) is 23.6. The Hall–Kier alpha value is -3.38. The maximum absolute atomic E-state index is 13.5. The second-order valence-corrected chi connectivity index (χ2v) is 10.7. The molecular weight excluding hydrogens is 490 g/mol. The number of benzene rings is 2. The molecule has 1 aliphatic heterocycles. The molecule has 6 heteroatoms. The van der Waals surface area contributed by atoms with Crippen LogP contribution in [0, 0.1) is 13.8 Å². The van der Waals surface area contributed by atoms with Crippen LogP contribution in [0.2, 0.25) is 0 Å². The first-order valence-electron chi connectivity index (χ1n) is 14.2. The molecule has 0 radical (unpaired) electrons. The topological polar surface area (TPSA) is 65.1 Å². The SMILES string of the molecule is CCOc1cc(C2C3=C(CCCC3=O)N(CCOC)C3=C2C(=O)CCC3)ccc1OCc1ccc(C)c(C)c1. The lowest BCUT2D eigenvalue weighted by atomic mass is 9.71. The molecule has 206 valence electrons. The Morgan fingerprint density at radius 2 is 1.51 bits per heavy atom. The van der Waals surface area contributed by atoms with E-state index in [4.69, 9.17) is 14.2 Å². The molecule has 0 atom stereocenters. The summed E-state index contributed by atoms with van der Waals surface area (Å²) in [6.45, 7) is 8.26. The van der Waals surface area contributed by atoms with Crippen LogP contribution in [0.1, 0.15) is 73.6 Å². The maximum Gasteiger partial charge on any atom is 0.161 e. The molecule has 0 unspecified atom stereocenters. The smallest absolute Gasteiger partial charge is 0.161 e. The fourth-order valence-corrected chi connectivity index (χ4v) is 6.15. The number of aryl methyl sites for hydroxylation is 2. The van der Waals surface area contributed by atoms with Gasteiger partial charge in [-0.05, 0) is 80.8 Å². The Balaban J connectivity index is 1.55. The van der Waals surface area contributed by atoms with Crippen molar-refractivity contribution >= 4 is 11.6 Å². The van der Waals surface area contributed by atoms with Crippen LogP contribution in [0.5, 0.6) is 11.5 Å². The largest absolute Gasteiger partial charge is 0.490 e.